The average molecular weight is 419 g/mol. The van der Waals surface area contributed by atoms with Gasteiger partial charge in [-0.1, -0.05) is 0 Å². The van der Waals surface area contributed by atoms with Gasteiger partial charge >= 0.3 is 7.60 Å². The Bertz CT molecular complexity index is 1020. The van der Waals surface area contributed by atoms with Gasteiger partial charge in [0.2, 0.25) is 5.91 Å². The SMILES string of the molecule is CCOP(=O)(/C=C/[C@@H]1CC[C@H](n2nc3c4c(ncnc42)NC(=O)C=C3)O1)OCC. The zero-order valence-electron chi connectivity index (χ0n) is 16.1. The van der Waals surface area contributed by atoms with Crippen molar-refractivity contribution in [1.29, 1.82) is 0 Å². The molecule has 2 aromatic rings. The lowest BCUT2D eigenvalue weighted by Crippen LogP contribution is -2.13. The van der Waals surface area contributed by atoms with E-state index < -0.39 is 7.60 Å². The molecule has 4 rings (SSSR count). The summed E-state index contributed by atoms with van der Waals surface area (Å²) >= 11 is 0. The first-order valence-electron chi connectivity index (χ1n) is 9.49. The van der Waals surface area contributed by atoms with E-state index in [0.29, 0.717) is 42.2 Å². The van der Waals surface area contributed by atoms with Crippen LogP contribution in [0.3, 0.4) is 0 Å². The molecule has 2 aromatic heterocycles. The Labute approximate surface area is 167 Å². The van der Waals surface area contributed by atoms with Gasteiger partial charge < -0.3 is 19.1 Å². The van der Waals surface area contributed by atoms with Crippen LogP contribution in [0.4, 0.5) is 5.82 Å². The predicted molar refractivity (Wildman–Crippen MR) is 106 cm³/mol. The number of carbonyl (C=O) groups is 1. The molecule has 10 nitrogen and oxygen atoms in total. The first-order chi connectivity index (χ1) is 14.0. The smallest absolute Gasteiger partial charge is 0.349 e. The Morgan fingerprint density at radius 3 is 2.83 bits per heavy atom. The van der Waals surface area contributed by atoms with Crippen molar-refractivity contribution in [2.24, 2.45) is 0 Å². The number of nitrogens with zero attached hydrogens (tertiary/aromatic N) is 4. The van der Waals surface area contributed by atoms with Crippen molar-refractivity contribution in [3.63, 3.8) is 0 Å². The topological polar surface area (TPSA) is 117 Å². The Balaban J connectivity index is 1.56. The fourth-order valence-electron chi connectivity index (χ4n) is 3.38. The van der Waals surface area contributed by atoms with Crippen LogP contribution >= 0.6 is 7.60 Å². The molecule has 0 unspecified atom stereocenters. The lowest BCUT2D eigenvalue weighted by Gasteiger charge is -2.15. The first-order valence-corrected chi connectivity index (χ1v) is 11.1. The minimum absolute atomic E-state index is 0.249. The molecule has 1 amide bonds. The summed E-state index contributed by atoms with van der Waals surface area (Å²) in [5.41, 5.74) is 1.19. The summed E-state index contributed by atoms with van der Waals surface area (Å²) in [6, 6.07) is 0. The lowest BCUT2D eigenvalue weighted by atomic mass is 10.2. The highest BCUT2D eigenvalue weighted by Crippen LogP contribution is 2.50. The van der Waals surface area contributed by atoms with Gasteiger partial charge in [0.15, 0.2) is 11.9 Å². The molecular weight excluding hydrogens is 397 g/mol. The van der Waals surface area contributed by atoms with Gasteiger partial charge in [-0.05, 0) is 38.8 Å². The van der Waals surface area contributed by atoms with Gasteiger partial charge in [0.1, 0.15) is 12.1 Å². The fourth-order valence-corrected chi connectivity index (χ4v) is 4.74. The molecule has 4 heterocycles. The molecule has 154 valence electrons. The molecule has 1 N–H and O–H groups in total. The molecule has 0 aromatic carbocycles. The van der Waals surface area contributed by atoms with E-state index in [4.69, 9.17) is 13.8 Å². The van der Waals surface area contributed by atoms with Crippen LogP contribution < -0.4 is 5.32 Å². The van der Waals surface area contributed by atoms with Crippen LogP contribution in [-0.4, -0.2) is 45.0 Å². The summed E-state index contributed by atoms with van der Waals surface area (Å²) in [5, 5.41) is 7.97. The molecule has 29 heavy (non-hydrogen) atoms. The standard InChI is InChI=1S/C18H22N5O5P/c1-3-26-29(25,27-4-2)10-9-12-5-8-15(28-12)23-18-16-13(22-23)6-7-14(24)21-17(16)19-11-20-18/h6-7,9-12,15H,3-5,8H2,1-2H3,(H,19,20,21,24)/b10-9+/t12-,15+/m0/s1. The van der Waals surface area contributed by atoms with Crippen LogP contribution in [0.5, 0.6) is 0 Å². The summed E-state index contributed by atoms with van der Waals surface area (Å²) in [4.78, 5) is 20.2. The number of aromatic nitrogens is 4. The number of rotatable bonds is 7. The summed E-state index contributed by atoms with van der Waals surface area (Å²) in [5.74, 6) is 1.64. The molecule has 1 saturated heterocycles. The Morgan fingerprint density at radius 1 is 1.28 bits per heavy atom. The second-order valence-corrected chi connectivity index (χ2v) is 8.39. The zero-order valence-corrected chi connectivity index (χ0v) is 17.0. The fraction of sp³-hybridized carbons (Fsp3) is 0.444. The maximum atomic E-state index is 12.6. The van der Waals surface area contributed by atoms with Crippen LogP contribution in [0.2, 0.25) is 0 Å². The van der Waals surface area contributed by atoms with Crippen molar-refractivity contribution in [3.05, 3.63) is 30.0 Å². The van der Waals surface area contributed by atoms with E-state index in [0.717, 1.165) is 6.42 Å². The number of ether oxygens (including phenoxy) is 1. The second-order valence-electron chi connectivity index (χ2n) is 6.50. The van der Waals surface area contributed by atoms with Crippen LogP contribution in [0, 0.1) is 0 Å². The monoisotopic (exact) mass is 419 g/mol. The highest BCUT2D eigenvalue weighted by molar-refractivity contribution is 7.57. The van der Waals surface area contributed by atoms with Crippen LogP contribution in [-0.2, 0) is 23.1 Å². The minimum Gasteiger partial charge on any atom is -0.349 e. The van der Waals surface area contributed by atoms with Gasteiger partial charge in [-0.2, -0.15) is 5.10 Å². The molecule has 2 aliphatic rings. The molecule has 11 heteroatoms. The number of carbonyl (C=O) groups excluding carboxylic acids is 1. The number of anilines is 1. The Kier molecular flexibility index (Phi) is 5.60. The number of nitrogens with one attached hydrogen (secondary N) is 1. The number of hydrogen-bond donors (Lipinski definition) is 1. The molecule has 0 radical (unpaired) electrons. The van der Waals surface area contributed by atoms with Crippen molar-refractivity contribution in [3.8, 4) is 0 Å². The number of amides is 1. The first kappa shape index (κ1) is 19.9. The largest absolute Gasteiger partial charge is 0.353 e. The molecule has 2 atom stereocenters. The van der Waals surface area contributed by atoms with E-state index in [1.165, 1.54) is 18.2 Å². The van der Waals surface area contributed by atoms with Gasteiger partial charge in [-0.15, -0.1) is 0 Å². The Morgan fingerprint density at radius 2 is 2.07 bits per heavy atom. The van der Waals surface area contributed by atoms with Gasteiger partial charge in [-0.25, -0.2) is 14.6 Å². The Hall–Kier alpha value is -2.39. The summed E-state index contributed by atoms with van der Waals surface area (Å²) < 4.78 is 30.9. The van der Waals surface area contributed by atoms with Gasteiger partial charge in [-0.3, -0.25) is 9.36 Å². The van der Waals surface area contributed by atoms with Crippen molar-refractivity contribution in [2.45, 2.75) is 39.0 Å². The highest BCUT2D eigenvalue weighted by atomic mass is 31.2. The van der Waals surface area contributed by atoms with Crippen LogP contribution in [0.1, 0.15) is 38.6 Å². The van der Waals surface area contributed by atoms with Crippen molar-refractivity contribution >= 4 is 36.4 Å². The molecule has 0 aliphatic carbocycles. The maximum Gasteiger partial charge on any atom is 0.353 e. The third-order valence-electron chi connectivity index (χ3n) is 4.55. The van der Waals surface area contributed by atoms with E-state index in [9.17, 15) is 9.36 Å². The van der Waals surface area contributed by atoms with E-state index in [1.54, 1.807) is 30.7 Å². The number of hydrogen-bond acceptors (Lipinski definition) is 8. The third-order valence-corrected chi connectivity index (χ3v) is 6.33. The van der Waals surface area contributed by atoms with Crippen molar-refractivity contribution in [1.82, 2.24) is 19.7 Å². The molecule has 0 bridgehead atoms. The quantitative estimate of drug-likeness (QED) is 0.680. The van der Waals surface area contributed by atoms with E-state index >= 15 is 0 Å². The van der Waals surface area contributed by atoms with Gasteiger partial charge in [0.05, 0.1) is 30.4 Å². The van der Waals surface area contributed by atoms with E-state index in [2.05, 4.69) is 20.4 Å². The predicted octanol–water partition coefficient (Wildman–Crippen LogP) is 3.25. The molecule has 2 aliphatic heterocycles. The normalized spacial score (nSPS) is 21.8. The summed E-state index contributed by atoms with van der Waals surface area (Å²) in [7, 11) is -3.27. The third kappa shape index (κ3) is 4.02. The van der Waals surface area contributed by atoms with E-state index in [-0.39, 0.29) is 18.2 Å². The lowest BCUT2D eigenvalue weighted by molar-refractivity contribution is -0.111. The maximum absolute atomic E-state index is 12.6. The summed E-state index contributed by atoms with van der Waals surface area (Å²) in [6.07, 6.45) is 7.00. The molecular formula is C18H22N5O5P. The molecule has 0 saturated carbocycles. The molecule has 1 fully saturated rings. The van der Waals surface area contributed by atoms with Crippen molar-refractivity contribution < 1.29 is 23.1 Å². The minimum atomic E-state index is -3.27. The molecule has 0 spiro atoms. The van der Waals surface area contributed by atoms with Gasteiger partial charge in [0, 0.05) is 11.9 Å². The highest BCUT2D eigenvalue weighted by Gasteiger charge is 2.30. The van der Waals surface area contributed by atoms with Crippen LogP contribution in [0.15, 0.2) is 24.3 Å². The van der Waals surface area contributed by atoms with Crippen molar-refractivity contribution in [2.75, 3.05) is 18.5 Å². The van der Waals surface area contributed by atoms with Gasteiger partial charge in [0.25, 0.3) is 0 Å². The zero-order chi connectivity index (χ0) is 20.4. The van der Waals surface area contributed by atoms with E-state index in [1.807, 2.05) is 0 Å². The average Bonchev–Trinajstić information content (AvgIpc) is 3.26. The summed E-state index contributed by atoms with van der Waals surface area (Å²) in [6.45, 7) is 4.13. The van der Waals surface area contributed by atoms with Crippen LogP contribution in [0.25, 0.3) is 17.1 Å². The second kappa shape index (κ2) is 8.16.